The molecule has 3 saturated heterocycles. The summed E-state index contributed by atoms with van der Waals surface area (Å²) in [5.41, 5.74) is 0.415. The average Bonchev–Trinajstić information content (AvgIpc) is 3.43. The number of aromatic nitrogens is 4. The third-order valence-corrected chi connectivity index (χ3v) is 6.31. The maximum atomic E-state index is 9.43. The number of nitrogens with zero attached hydrogens (tertiary/aromatic N) is 8. The molecule has 2 atom stereocenters. The number of hydrogen-bond donors (Lipinski definition) is 0. The highest BCUT2D eigenvalue weighted by Crippen LogP contribution is 2.36. The zero-order chi connectivity index (χ0) is 18.9. The van der Waals surface area contributed by atoms with Crippen LogP contribution in [0.3, 0.4) is 0 Å². The van der Waals surface area contributed by atoms with Crippen molar-refractivity contribution in [1.82, 2.24) is 19.9 Å². The number of nitriles is 1. The van der Waals surface area contributed by atoms with Gasteiger partial charge in [0, 0.05) is 51.2 Å². The van der Waals surface area contributed by atoms with Crippen LogP contribution >= 0.6 is 0 Å². The lowest BCUT2D eigenvalue weighted by molar-refractivity contribution is 0.388. The Labute approximate surface area is 164 Å². The monoisotopic (exact) mass is 376 g/mol. The van der Waals surface area contributed by atoms with Gasteiger partial charge in [-0.15, -0.1) is 0 Å². The molecular formula is C20H24N8. The van der Waals surface area contributed by atoms with Crippen LogP contribution in [0.5, 0.6) is 0 Å². The molecule has 3 aliphatic rings. The van der Waals surface area contributed by atoms with Crippen molar-refractivity contribution in [1.29, 1.82) is 5.26 Å². The van der Waals surface area contributed by atoms with E-state index in [1.54, 1.807) is 18.7 Å². The SMILES string of the molecule is N#Cc1nccnc1N1CCC2CCN(c3cc(N4CCCC4)ncn3)CC21. The topological polar surface area (TPSA) is 85.1 Å². The predicted molar refractivity (Wildman–Crippen MR) is 106 cm³/mol. The van der Waals surface area contributed by atoms with Crippen molar-refractivity contribution in [2.24, 2.45) is 5.92 Å². The van der Waals surface area contributed by atoms with Gasteiger partial charge in [-0.1, -0.05) is 0 Å². The van der Waals surface area contributed by atoms with Gasteiger partial charge in [0.05, 0.1) is 6.04 Å². The molecular weight excluding hydrogens is 352 g/mol. The number of rotatable bonds is 3. The Morgan fingerprint density at radius 2 is 1.64 bits per heavy atom. The predicted octanol–water partition coefficient (Wildman–Crippen LogP) is 1.84. The van der Waals surface area contributed by atoms with E-state index in [0.717, 1.165) is 63.0 Å². The Kier molecular flexibility index (Phi) is 4.43. The van der Waals surface area contributed by atoms with Crippen LogP contribution < -0.4 is 14.7 Å². The Bertz CT molecular complexity index is 888. The average molecular weight is 376 g/mol. The summed E-state index contributed by atoms with van der Waals surface area (Å²) < 4.78 is 0. The molecule has 8 nitrogen and oxygen atoms in total. The van der Waals surface area contributed by atoms with Crippen LogP contribution in [-0.2, 0) is 0 Å². The molecule has 8 heteroatoms. The van der Waals surface area contributed by atoms with Crippen LogP contribution in [0.25, 0.3) is 0 Å². The van der Waals surface area contributed by atoms with Crippen LogP contribution in [-0.4, -0.2) is 58.7 Å². The first-order chi connectivity index (χ1) is 13.8. The Balaban J connectivity index is 1.38. The lowest BCUT2D eigenvalue weighted by Crippen LogP contribution is -2.49. The summed E-state index contributed by atoms with van der Waals surface area (Å²) in [6.07, 6.45) is 9.70. The first kappa shape index (κ1) is 17.2. The molecule has 2 aromatic rings. The smallest absolute Gasteiger partial charge is 0.183 e. The molecule has 0 spiro atoms. The largest absolute Gasteiger partial charge is 0.356 e. The van der Waals surface area contributed by atoms with Crippen molar-refractivity contribution in [2.45, 2.75) is 31.7 Å². The van der Waals surface area contributed by atoms with Gasteiger partial charge in [-0.2, -0.15) is 5.26 Å². The molecule has 0 bridgehead atoms. The van der Waals surface area contributed by atoms with E-state index >= 15 is 0 Å². The number of piperidine rings is 1. The second kappa shape index (κ2) is 7.23. The lowest BCUT2D eigenvalue weighted by Gasteiger charge is -2.39. The van der Waals surface area contributed by atoms with E-state index in [4.69, 9.17) is 0 Å². The van der Waals surface area contributed by atoms with Crippen molar-refractivity contribution < 1.29 is 0 Å². The Hall–Kier alpha value is -2.95. The van der Waals surface area contributed by atoms with Gasteiger partial charge < -0.3 is 14.7 Å². The molecule has 0 N–H and O–H groups in total. The highest BCUT2D eigenvalue weighted by molar-refractivity contribution is 5.54. The second-order valence-corrected chi connectivity index (χ2v) is 7.81. The molecule has 0 saturated carbocycles. The van der Waals surface area contributed by atoms with Crippen LogP contribution in [0.2, 0.25) is 0 Å². The van der Waals surface area contributed by atoms with Crippen molar-refractivity contribution >= 4 is 17.5 Å². The van der Waals surface area contributed by atoms with Crippen LogP contribution in [0.4, 0.5) is 17.5 Å². The molecule has 0 aliphatic carbocycles. The van der Waals surface area contributed by atoms with E-state index in [-0.39, 0.29) is 0 Å². The fraction of sp³-hybridized carbons (Fsp3) is 0.550. The quantitative estimate of drug-likeness (QED) is 0.802. The van der Waals surface area contributed by atoms with Gasteiger partial charge in [-0.3, -0.25) is 0 Å². The lowest BCUT2D eigenvalue weighted by atomic mass is 9.92. The maximum absolute atomic E-state index is 9.43. The summed E-state index contributed by atoms with van der Waals surface area (Å²) in [6, 6.07) is 4.66. The zero-order valence-electron chi connectivity index (χ0n) is 15.9. The minimum atomic E-state index is 0.336. The van der Waals surface area contributed by atoms with Gasteiger partial charge in [0.1, 0.15) is 24.0 Å². The normalized spacial score (nSPS) is 24.3. The second-order valence-electron chi connectivity index (χ2n) is 7.81. The van der Waals surface area contributed by atoms with Crippen molar-refractivity contribution in [3.05, 3.63) is 30.5 Å². The maximum Gasteiger partial charge on any atom is 0.183 e. The Morgan fingerprint density at radius 3 is 2.46 bits per heavy atom. The summed E-state index contributed by atoms with van der Waals surface area (Å²) in [4.78, 5) is 24.7. The summed E-state index contributed by atoms with van der Waals surface area (Å²) in [5, 5.41) is 9.43. The standard InChI is InChI=1S/C20H24N8/c21-12-16-20(23-6-5-22-16)28-10-4-15-3-9-27(13-17(15)28)19-11-18(24-14-25-19)26-7-1-2-8-26/h5-6,11,14-15,17H,1-4,7-10,13H2. The van der Waals surface area contributed by atoms with Gasteiger partial charge in [0.25, 0.3) is 0 Å². The van der Waals surface area contributed by atoms with Gasteiger partial charge >= 0.3 is 0 Å². The van der Waals surface area contributed by atoms with E-state index in [0.29, 0.717) is 17.7 Å². The summed E-state index contributed by atoms with van der Waals surface area (Å²) in [7, 11) is 0. The van der Waals surface area contributed by atoms with Crippen LogP contribution in [0.15, 0.2) is 24.8 Å². The summed E-state index contributed by atoms with van der Waals surface area (Å²) in [6.45, 7) is 5.00. The molecule has 2 unspecified atom stereocenters. The number of anilines is 3. The summed E-state index contributed by atoms with van der Waals surface area (Å²) >= 11 is 0. The number of fused-ring (bicyclic) bond motifs is 1. The van der Waals surface area contributed by atoms with Gasteiger partial charge in [-0.25, -0.2) is 19.9 Å². The van der Waals surface area contributed by atoms with Crippen molar-refractivity contribution in [3.8, 4) is 6.07 Å². The van der Waals surface area contributed by atoms with Crippen LogP contribution in [0, 0.1) is 17.2 Å². The molecule has 0 aromatic carbocycles. The molecule has 2 aromatic heterocycles. The third-order valence-electron chi connectivity index (χ3n) is 6.31. The van der Waals surface area contributed by atoms with Crippen molar-refractivity contribution in [3.63, 3.8) is 0 Å². The first-order valence-corrected chi connectivity index (χ1v) is 10.1. The first-order valence-electron chi connectivity index (χ1n) is 10.1. The highest BCUT2D eigenvalue weighted by Gasteiger charge is 2.40. The van der Waals surface area contributed by atoms with Gasteiger partial charge in [0.15, 0.2) is 11.5 Å². The van der Waals surface area contributed by atoms with E-state index in [9.17, 15) is 5.26 Å². The summed E-state index contributed by atoms with van der Waals surface area (Å²) in [5.74, 6) is 3.39. The fourth-order valence-electron chi connectivity index (χ4n) is 4.86. The highest BCUT2D eigenvalue weighted by atomic mass is 15.3. The zero-order valence-corrected chi connectivity index (χ0v) is 15.9. The van der Waals surface area contributed by atoms with E-state index in [2.05, 4.69) is 46.8 Å². The number of hydrogen-bond acceptors (Lipinski definition) is 8. The fourth-order valence-corrected chi connectivity index (χ4v) is 4.86. The molecule has 144 valence electrons. The van der Waals surface area contributed by atoms with Gasteiger partial charge in [0.2, 0.25) is 0 Å². The molecule has 0 amide bonds. The van der Waals surface area contributed by atoms with Gasteiger partial charge in [-0.05, 0) is 31.6 Å². The molecule has 5 heterocycles. The minimum Gasteiger partial charge on any atom is -0.356 e. The molecule has 3 fully saturated rings. The molecule has 28 heavy (non-hydrogen) atoms. The third kappa shape index (κ3) is 3.01. The van der Waals surface area contributed by atoms with Crippen LogP contribution in [0.1, 0.15) is 31.4 Å². The van der Waals surface area contributed by atoms with E-state index in [1.165, 1.54) is 12.8 Å². The minimum absolute atomic E-state index is 0.336. The molecule has 0 radical (unpaired) electrons. The molecule has 3 aliphatic heterocycles. The van der Waals surface area contributed by atoms with Crippen molar-refractivity contribution in [2.75, 3.05) is 47.4 Å². The molecule has 5 rings (SSSR count). The van der Waals surface area contributed by atoms with E-state index in [1.807, 2.05) is 0 Å². The van der Waals surface area contributed by atoms with E-state index < -0.39 is 0 Å². The Morgan fingerprint density at radius 1 is 0.893 bits per heavy atom.